The lowest BCUT2D eigenvalue weighted by atomic mass is 10.3. The van der Waals surface area contributed by atoms with Crippen LogP contribution in [0.2, 0.25) is 0 Å². The van der Waals surface area contributed by atoms with Gasteiger partial charge in [0.1, 0.15) is 12.1 Å². The van der Waals surface area contributed by atoms with E-state index in [1.54, 1.807) is 59.7 Å². The smallest absolute Gasteiger partial charge is 0.417 e. The van der Waals surface area contributed by atoms with Crippen molar-refractivity contribution in [3.63, 3.8) is 0 Å². The summed E-state index contributed by atoms with van der Waals surface area (Å²) >= 11 is 0. The predicted octanol–water partition coefficient (Wildman–Crippen LogP) is 2.69. The minimum Gasteiger partial charge on any atom is -0.438 e. The molecule has 0 aliphatic carbocycles. The van der Waals surface area contributed by atoms with E-state index in [0.717, 1.165) is 0 Å². The Morgan fingerprint density at radius 1 is 1.03 bits per heavy atom. The molecule has 160 valence electrons. The Balaban J connectivity index is 1.29. The highest BCUT2D eigenvalue weighted by molar-refractivity contribution is 7.92. The largest absolute Gasteiger partial charge is 0.438 e. The first-order valence-electron chi connectivity index (χ1n) is 9.22. The molecule has 0 bridgehead atoms. The van der Waals surface area contributed by atoms with Crippen LogP contribution in [0.5, 0.6) is 11.6 Å². The molecule has 0 radical (unpaired) electrons. The van der Waals surface area contributed by atoms with Gasteiger partial charge in [-0.25, -0.2) is 18.2 Å². The summed E-state index contributed by atoms with van der Waals surface area (Å²) in [4.78, 5) is 17.6. The zero-order chi connectivity index (χ0) is 22.1. The van der Waals surface area contributed by atoms with E-state index < -0.39 is 15.8 Å². The summed E-state index contributed by atoms with van der Waals surface area (Å²) in [6.45, 7) is 0. The number of anilines is 1. The van der Waals surface area contributed by atoms with Crippen LogP contribution in [-0.2, 0) is 10.0 Å². The Morgan fingerprint density at radius 2 is 1.88 bits per heavy atom. The number of hydrogen-bond donors (Lipinski definition) is 2. The van der Waals surface area contributed by atoms with Crippen LogP contribution in [-0.4, -0.2) is 33.2 Å². The summed E-state index contributed by atoms with van der Waals surface area (Å²) in [6, 6.07) is 13.8. The van der Waals surface area contributed by atoms with Crippen molar-refractivity contribution in [3.8, 4) is 17.4 Å². The topological polar surface area (TPSA) is 145 Å². The molecule has 2 N–H and O–H groups in total. The van der Waals surface area contributed by atoms with Gasteiger partial charge >= 0.3 is 5.76 Å². The van der Waals surface area contributed by atoms with Crippen LogP contribution in [0.15, 0.2) is 87.4 Å². The summed E-state index contributed by atoms with van der Waals surface area (Å²) in [7, 11) is -3.88. The molecule has 0 saturated carbocycles. The number of ether oxygens (including phenoxy) is 1. The molecule has 5 aromatic rings. The lowest BCUT2D eigenvalue weighted by Crippen LogP contribution is -2.12. The fraction of sp³-hybridized carbons (Fsp3) is 0. The van der Waals surface area contributed by atoms with Gasteiger partial charge in [0.05, 0.1) is 10.4 Å². The van der Waals surface area contributed by atoms with Crippen LogP contribution in [0.3, 0.4) is 0 Å². The predicted molar refractivity (Wildman–Crippen MR) is 113 cm³/mol. The number of rotatable bonds is 6. The Kier molecular flexibility index (Phi) is 4.67. The molecule has 0 spiro atoms. The molecule has 0 saturated heterocycles. The molecule has 0 aliphatic rings. The van der Waals surface area contributed by atoms with Crippen molar-refractivity contribution in [1.29, 1.82) is 0 Å². The second-order valence-electron chi connectivity index (χ2n) is 6.60. The molecule has 11 nitrogen and oxygen atoms in total. The van der Waals surface area contributed by atoms with Crippen molar-refractivity contribution in [1.82, 2.24) is 24.7 Å². The lowest BCUT2D eigenvalue weighted by molar-refractivity contribution is 0.454. The second-order valence-corrected chi connectivity index (χ2v) is 8.29. The summed E-state index contributed by atoms with van der Waals surface area (Å²) < 4.78 is 40.1. The summed E-state index contributed by atoms with van der Waals surface area (Å²) in [6.07, 6.45) is 4.99. The zero-order valence-electron chi connectivity index (χ0n) is 16.2. The van der Waals surface area contributed by atoms with Gasteiger partial charge in [0.2, 0.25) is 5.88 Å². The summed E-state index contributed by atoms with van der Waals surface area (Å²) in [5, 5.41) is 8.08. The van der Waals surface area contributed by atoms with Crippen LogP contribution < -0.4 is 15.2 Å². The number of aromatic amines is 1. The van der Waals surface area contributed by atoms with Crippen LogP contribution in [0.4, 0.5) is 5.69 Å². The third kappa shape index (κ3) is 3.94. The van der Waals surface area contributed by atoms with Gasteiger partial charge in [0, 0.05) is 24.1 Å². The first-order valence-corrected chi connectivity index (χ1v) is 10.7. The van der Waals surface area contributed by atoms with Crippen molar-refractivity contribution in [2.24, 2.45) is 0 Å². The van der Waals surface area contributed by atoms with E-state index in [1.807, 2.05) is 0 Å². The molecule has 0 unspecified atom stereocenters. The van der Waals surface area contributed by atoms with Gasteiger partial charge in [0.15, 0.2) is 11.4 Å². The number of hydrogen-bond acceptors (Lipinski definition) is 8. The normalized spacial score (nSPS) is 11.5. The third-order valence-electron chi connectivity index (χ3n) is 4.42. The van der Waals surface area contributed by atoms with Crippen LogP contribution in [0.1, 0.15) is 0 Å². The average Bonchev–Trinajstić information content (AvgIpc) is 3.44. The first-order chi connectivity index (χ1) is 15.5. The zero-order valence-corrected chi connectivity index (χ0v) is 17.0. The number of imidazole rings is 1. The standard InChI is InChI=1S/C20H14N6O5S/c27-20-22-16-11-15(5-6-17(16)31-20)32(28,29)25-13-1-3-14(4-2-13)30-19-8-7-18(23-24-19)26-10-9-21-12-26/h1-12,25H,(H,22,27). The van der Waals surface area contributed by atoms with Gasteiger partial charge in [-0.2, -0.15) is 0 Å². The number of sulfonamides is 1. The van der Waals surface area contributed by atoms with E-state index in [0.29, 0.717) is 22.8 Å². The number of nitrogens with one attached hydrogen (secondary N) is 2. The number of benzene rings is 2. The maximum Gasteiger partial charge on any atom is 0.417 e. The monoisotopic (exact) mass is 450 g/mol. The van der Waals surface area contributed by atoms with E-state index in [4.69, 9.17) is 9.15 Å². The molecule has 3 aromatic heterocycles. The number of nitrogens with zero attached hydrogens (tertiary/aromatic N) is 4. The molecule has 5 rings (SSSR count). The van der Waals surface area contributed by atoms with E-state index in [-0.39, 0.29) is 16.4 Å². The van der Waals surface area contributed by atoms with Gasteiger partial charge in [0.25, 0.3) is 10.0 Å². The number of aromatic nitrogens is 5. The van der Waals surface area contributed by atoms with Crippen molar-refractivity contribution in [2.45, 2.75) is 4.90 Å². The van der Waals surface area contributed by atoms with Crippen molar-refractivity contribution < 1.29 is 17.6 Å². The summed E-state index contributed by atoms with van der Waals surface area (Å²) in [5.41, 5.74) is 0.901. The van der Waals surface area contributed by atoms with Crippen LogP contribution in [0.25, 0.3) is 16.9 Å². The minimum absolute atomic E-state index is 0.0179. The maximum atomic E-state index is 12.7. The van der Waals surface area contributed by atoms with Crippen molar-refractivity contribution in [2.75, 3.05) is 4.72 Å². The lowest BCUT2D eigenvalue weighted by Gasteiger charge is -2.09. The molecule has 0 aliphatic heterocycles. The fourth-order valence-corrected chi connectivity index (χ4v) is 4.01. The molecule has 32 heavy (non-hydrogen) atoms. The highest BCUT2D eigenvalue weighted by atomic mass is 32.2. The molecule has 3 heterocycles. The molecule has 0 fully saturated rings. The van der Waals surface area contributed by atoms with E-state index >= 15 is 0 Å². The molecular weight excluding hydrogens is 436 g/mol. The van der Waals surface area contributed by atoms with Gasteiger partial charge in [-0.1, -0.05) is 0 Å². The van der Waals surface area contributed by atoms with Gasteiger partial charge in [-0.3, -0.25) is 14.3 Å². The summed E-state index contributed by atoms with van der Waals surface area (Å²) in [5.74, 6) is 0.677. The highest BCUT2D eigenvalue weighted by Crippen LogP contribution is 2.24. The minimum atomic E-state index is -3.88. The van der Waals surface area contributed by atoms with Gasteiger partial charge in [-0.15, -0.1) is 10.2 Å². The molecule has 12 heteroatoms. The first kappa shape index (κ1) is 19.5. The molecule has 0 atom stereocenters. The number of H-pyrrole nitrogens is 1. The van der Waals surface area contributed by atoms with Crippen molar-refractivity contribution in [3.05, 3.63) is 83.9 Å². The Labute approximate surface area is 180 Å². The SMILES string of the molecule is O=c1[nH]c2cc(S(=O)(=O)Nc3ccc(Oc4ccc(-n5ccnc5)nn4)cc3)ccc2o1. The maximum absolute atomic E-state index is 12.7. The van der Waals surface area contributed by atoms with E-state index in [1.165, 1.54) is 18.2 Å². The Hall–Kier alpha value is -4.45. The molecule has 2 aromatic carbocycles. The quantitative estimate of drug-likeness (QED) is 0.402. The Morgan fingerprint density at radius 3 is 2.59 bits per heavy atom. The highest BCUT2D eigenvalue weighted by Gasteiger charge is 2.16. The van der Waals surface area contributed by atoms with Crippen molar-refractivity contribution >= 4 is 26.8 Å². The Bertz CT molecular complexity index is 1540. The second kappa shape index (κ2) is 7.67. The van der Waals surface area contributed by atoms with Gasteiger partial charge < -0.3 is 9.15 Å². The van der Waals surface area contributed by atoms with E-state index in [2.05, 4.69) is 24.9 Å². The molecule has 0 amide bonds. The fourth-order valence-electron chi connectivity index (χ4n) is 2.92. The number of oxazole rings is 1. The average molecular weight is 450 g/mol. The third-order valence-corrected chi connectivity index (χ3v) is 5.80. The van der Waals surface area contributed by atoms with Gasteiger partial charge in [-0.05, 0) is 48.5 Å². The van der Waals surface area contributed by atoms with Crippen LogP contribution in [0, 0.1) is 0 Å². The van der Waals surface area contributed by atoms with Crippen LogP contribution >= 0.6 is 0 Å². The molecular formula is C20H14N6O5S. The van der Waals surface area contributed by atoms with E-state index in [9.17, 15) is 13.2 Å². The number of fused-ring (bicyclic) bond motifs is 1.